The van der Waals surface area contributed by atoms with E-state index in [1.807, 2.05) is 0 Å². The number of benzene rings is 1. The maximum absolute atomic E-state index is 13.7. The van der Waals surface area contributed by atoms with E-state index >= 15 is 0 Å². The molecular formula is C15H17F2NO4. The van der Waals surface area contributed by atoms with Gasteiger partial charge in [-0.15, -0.1) is 0 Å². The highest BCUT2D eigenvalue weighted by Crippen LogP contribution is 2.19. The number of carboxylic acid groups (broad SMARTS) is 1. The summed E-state index contributed by atoms with van der Waals surface area (Å²) in [4.78, 5) is 24.3. The molecule has 1 N–H and O–H groups in total. The van der Waals surface area contributed by atoms with Crippen LogP contribution in [-0.4, -0.2) is 41.1 Å². The number of carboxylic acids is 1. The number of halogens is 2. The summed E-state index contributed by atoms with van der Waals surface area (Å²) in [5.41, 5.74) is 0.0109. The van der Waals surface area contributed by atoms with E-state index in [-0.39, 0.29) is 31.0 Å². The molecule has 1 unspecified atom stereocenters. The Hall–Kier alpha value is -2.02. The predicted molar refractivity (Wildman–Crippen MR) is 73.0 cm³/mol. The molecular weight excluding hydrogens is 296 g/mol. The Morgan fingerprint density at radius 3 is 2.77 bits per heavy atom. The van der Waals surface area contributed by atoms with Crippen molar-refractivity contribution in [3.63, 3.8) is 0 Å². The molecule has 0 aliphatic carbocycles. The van der Waals surface area contributed by atoms with Gasteiger partial charge in [0, 0.05) is 25.3 Å². The van der Waals surface area contributed by atoms with E-state index in [1.54, 1.807) is 0 Å². The highest BCUT2D eigenvalue weighted by Gasteiger charge is 2.29. The lowest BCUT2D eigenvalue weighted by molar-refractivity contribution is -0.143. The van der Waals surface area contributed by atoms with Crippen LogP contribution in [0.4, 0.5) is 8.78 Å². The first-order chi connectivity index (χ1) is 10.5. The van der Waals surface area contributed by atoms with Crippen molar-refractivity contribution in [1.29, 1.82) is 0 Å². The zero-order valence-corrected chi connectivity index (χ0v) is 11.9. The van der Waals surface area contributed by atoms with Gasteiger partial charge < -0.3 is 14.7 Å². The Kier molecular flexibility index (Phi) is 5.43. The van der Waals surface area contributed by atoms with Crippen LogP contribution in [0.5, 0.6) is 0 Å². The van der Waals surface area contributed by atoms with E-state index in [1.165, 1.54) is 17.0 Å². The molecule has 1 saturated heterocycles. The van der Waals surface area contributed by atoms with Crippen LogP contribution < -0.4 is 0 Å². The van der Waals surface area contributed by atoms with E-state index in [0.29, 0.717) is 13.0 Å². The smallest absolute Gasteiger partial charge is 0.305 e. The van der Waals surface area contributed by atoms with Gasteiger partial charge in [-0.1, -0.05) is 12.1 Å². The van der Waals surface area contributed by atoms with Crippen LogP contribution in [0.1, 0.15) is 24.8 Å². The molecule has 1 fully saturated rings. The lowest BCUT2D eigenvalue weighted by Crippen LogP contribution is -2.39. The van der Waals surface area contributed by atoms with Gasteiger partial charge in [-0.05, 0) is 18.9 Å². The quantitative estimate of drug-likeness (QED) is 0.871. The van der Waals surface area contributed by atoms with Crippen LogP contribution in [0.3, 0.4) is 0 Å². The summed E-state index contributed by atoms with van der Waals surface area (Å²) in [5.74, 6) is -3.48. The summed E-state index contributed by atoms with van der Waals surface area (Å²) in [7, 11) is 0. The van der Waals surface area contributed by atoms with Crippen molar-refractivity contribution in [2.45, 2.75) is 31.9 Å². The lowest BCUT2D eigenvalue weighted by atomic mass is 10.1. The fourth-order valence-corrected chi connectivity index (χ4v) is 2.35. The van der Waals surface area contributed by atoms with Gasteiger partial charge in [-0.25, -0.2) is 8.78 Å². The zero-order valence-electron chi connectivity index (χ0n) is 11.9. The molecule has 0 saturated carbocycles. The van der Waals surface area contributed by atoms with Crippen molar-refractivity contribution >= 4 is 11.9 Å². The van der Waals surface area contributed by atoms with Crippen molar-refractivity contribution in [2.24, 2.45) is 0 Å². The first kappa shape index (κ1) is 16.4. The third-order valence-electron chi connectivity index (χ3n) is 3.51. The van der Waals surface area contributed by atoms with Gasteiger partial charge in [0.15, 0.2) is 11.6 Å². The number of ether oxygens (including phenoxy) is 1. The molecule has 120 valence electrons. The zero-order chi connectivity index (χ0) is 16.1. The predicted octanol–water partition coefficient (Wildman–Crippen LogP) is 1.95. The topological polar surface area (TPSA) is 66.8 Å². The Balaban J connectivity index is 2.14. The molecule has 1 aliphatic heterocycles. The molecule has 1 heterocycles. The minimum Gasteiger partial charge on any atom is -0.481 e. The Bertz CT molecular complexity index is 558. The monoisotopic (exact) mass is 313 g/mol. The van der Waals surface area contributed by atoms with E-state index in [0.717, 1.165) is 12.5 Å². The number of aliphatic carboxylic acids is 1. The maximum Gasteiger partial charge on any atom is 0.305 e. The van der Waals surface area contributed by atoms with E-state index in [9.17, 15) is 18.4 Å². The molecule has 22 heavy (non-hydrogen) atoms. The minimum atomic E-state index is -1.06. The fourth-order valence-electron chi connectivity index (χ4n) is 2.35. The minimum absolute atomic E-state index is 0.0109. The fraction of sp³-hybridized carbons (Fsp3) is 0.467. The highest BCUT2D eigenvalue weighted by molar-refractivity contribution is 5.81. The number of amides is 1. The van der Waals surface area contributed by atoms with Gasteiger partial charge >= 0.3 is 5.97 Å². The first-order valence-electron chi connectivity index (χ1n) is 7.04. The van der Waals surface area contributed by atoms with Crippen molar-refractivity contribution < 1.29 is 28.2 Å². The van der Waals surface area contributed by atoms with Gasteiger partial charge in [-0.3, -0.25) is 9.59 Å². The second-order valence-electron chi connectivity index (χ2n) is 5.12. The average molecular weight is 313 g/mol. The number of hydrogen-bond donors (Lipinski definition) is 1. The Morgan fingerprint density at radius 1 is 1.36 bits per heavy atom. The summed E-state index contributed by atoms with van der Waals surface area (Å²) < 4.78 is 32.3. The second kappa shape index (κ2) is 7.31. The van der Waals surface area contributed by atoms with Crippen LogP contribution in [-0.2, 0) is 20.9 Å². The van der Waals surface area contributed by atoms with Crippen LogP contribution in [0.15, 0.2) is 18.2 Å². The molecule has 0 bridgehead atoms. The highest BCUT2D eigenvalue weighted by atomic mass is 19.2. The second-order valence-corrected chi connectivity index (χ2v) is 5.12. The average Bonchev–Trinajstić information content (AvgIpc) is 3.01. The molecule has 0 spiro atoms. The number of carbonyl (C=O) groups is 2. The molecule has 2 rings (SSSR count). The van der Waals surface area contributed by atoms with Gasteiger partial charge in [-0.2, -0.15) is 0 Å². The molecule has 5 nitrogen and oxygen atoms in total. The third kappa shape index (κ3) is 4.00. The van der Waals surface area contributed by atoms with Gasteiger partial charge in [0.2, 0.25) is 0 Å². The van der Waals surface area contributed by atoms with E-state index < -0.39 is 23.7 Å². The molecule has 1 aliphatic rings. The molecule has 1 aromatic carbocycles. The molecule has 7 heteroatoms. The summed E-state index contributed by atoms with van der Waals surface area (Å²) in [6.07, 6.45) is 0.395. The number of nitrogens with zero attached hydrogens (tertiary/aromatic N) is 1. The largest absolute Gasteiger partial charge is 0.481 e. The van der Waals surface area contributed by atoms with Gasteiger partial charge in [0.1, 0.15) is 6.10 Å². The molecule has 1 amide bonds. The number of rotatable bonds is 6. The lowest BCUT2D eigenvalue weighted by Gasteiger charge is -2.25. The summed E-state index contributed by atoms with van der Waals surface area (Å²) in [5, 5.41) is 8.77. The molecule has 0 radical (unpaired) electrons. The van der Waals surface area contributed by atoms with Gasteiger partial charge in [0.05, 0.1) is 6.42 Å². The summed E-state index contributed by atoms with van der Waals surface area (Å²) >= 11 is 0. The van der Waals surface area contributed by atoms with Gasteiger partial charge in [0.25, 0.3) is 5.91 Å². The summed E-state index contributed by atoms with van der Waals surface area (Å²) in [6.45, 7) is 0.205. The van der Waals surface area contributed by atoms with Crippen molar-refractivity contribution in [3.8, 4) is 0 Å². The van der Waals surface area contributed by atoms with Crippen molar-refractivity contribution in [3.05, 3.63) is 35.4 Å². The molecule has 0 aromatic heterocycles. The first-order valence-corrected chi connectivity index (χ1v) is 7.04. The third-order valence-corrected chi connectivity index (χ3v) is 3.51. The van der Waals surface area contributed by atoms with Crippen LogP contribution in [0.25, 0.3) is 0 Å². The molecule has 1 aromatic rings. The Morgan fingerprint density at radius 2 is 2.14 bits per heavy atom. The van der Waals surface area contributed by atoms with E-state index in [4.69, 9.17) is 9.84 Å². The Labute approximate surface area is 126 Å². The van der Waals surface area contributed by atoms with Crippen LogP contribution in [0.2, 0.25) is 0 Å². The van der Waals surface area contributed by atoms with Crippen LogP contribution >= 0.6 is 0 Å². The normalized spacial score (nSPS) is 17.5. The summed E-state index contributed by atoms with van der Waals surface area (Å²) in [6, 6.07) is 3.71. The molecule has 1 atom stereocenters. The van der Waals surface area contributed by atoms with Crippen molar-refractivity contribution in [2.75, 3.05) is 13.2 Å². The van der Waals surface area contributed by atoms with Crippen molar-refractivity contribution in [1.82, 2.24) is 4.90 Å². The maximum atomic E-state index is 13.7. The van der Waals surface area contributed by atoms with E-state index in [2.05, 4.69) is 0 Å². The number of hydrogen-bond acceptors (Lipinski definition) is 3. The SMILES string of the molecule is O=C(O)CCN(Cc1cccc(F)c1F)C(=O)C1CCCO1. The standard InChI is InChI=1S/C15H17F2NO4/c16-11-4-1-3-10(14(11)17)9-18(7-6-13(19)20)15(21)12-5-2-8-22-12/h1,3-4,12H,2,5-9H2,(H,19,20). The van der Waals surface area contributed by atoms with Crippen LogP contribution in [0, 0.1) is 11.6 Å². The number of carbonyl (C=O) groups excluding carboxylic acids is 1.